The van der Waals surface area contributed by atoms with Crippen LogP contribution in [0.25, 0.3) is 10.9 Å². The summed E-state index contributed by atoms with van der Waals surface area (Å²) < 4.78 is 21.8. The first-order valence-corrected chi connectivity index (χ1v) is 13.3. The fraction of sp³-hybridized carbons (Fsp3) is 0.200. The lowest BCUT2D eigenvalue weighted by molar-refractivity contribution is 0.0948. The summed E-state index contributed by atoms with van der Waals surface area (Å²) in [5, 5.41) is 4.77. The molecule has 3 heterocycles. The molecule has 7 heteroatoms. The number of furan rings is 1. The summed E-state index contributed by atoms with van der Waals surface area (Å²) in [6.07, 6.45) is 9.53. The summed E-state index contributed by atoms with van der Waals surface area (Å²) in [6.45, 7) is 0.762. The van der Waals surface area contributed by atoms with Gasteiger partial charge in [-0.15, -0.1) is 11.3 Å². The number of nitrogens with one attached hydrogen (secondary N) is 1. The number of para-hydroxylation sites is 1. The second-order valence-corrected chi connectivity index (χ2v) is 10.3. The third-order valence-electron chi connectivity index (χ3n) is 6.82. The van der Waals surface area contributed by atoms with Gasteiger partial charge in [0.1, 0.15) is 16.6 Å². The summed E-state index contributed by atoms with van der Waals surface area (Å²) >= 11 is 1.61. The van der Waals surface area contributed by atoms with Crippen LogP contribution in [0.1, 0.15) is 50.5 Å². The topological polar surface area (TPSA) is 59.5 Å². The molecular weight excluding hydrogens is 485 g/mol. The van der Waals surface area contributed by atoms with Crippen molar-refractivity contribution in [3.63, 3.8) is 0 Å². The van der Waals surface area contributed by atoms with Gasteiger partial charge in [0.15, 0.2) is 0 Å². The molecule has 0 saturated heterocycles. The summed E-state index contributed by atoms with van der Waals surface area (Å²) in [6, 6.07) is 18.6. The van der Waals surface area contributed by atoms with Crippen LogP contribution in [0.5, 0.6) is 0 Å². The van der Waals surface area contributed by atoms with Crippen molar-refractivity contribution in [1.29, 1.82) is 0 Å². The predicted octanol–water partition coefficient (Wildman–Crippen LogP) is 7.04. The molecule has 0 radical (unpaired) electrons. The van der Waals surface area contributed by atoms with Crippen LogP contribution in [0.4, 0.5) is 9.39 Å². The number of hydrogen-bond acceptors (Lipinski definition) is 4. The first kappa shape index (κ1) is 23.4. The lowest BCUT2D eigenvalue weighted by atomic mass is 9.95. The Morgan fingerprint density at radius 1 is 1.08 bits per heavy atom. The molecule has 1 amide bonds. The fourth-order valence-corrected chi connectivity index (χ4v) is 6.22. The number of thiophene rings is 1. The second kappa shape index (κ2) is 10.2. The molecule has 0 unspecified atom stereocenters. The molecule has 0 atom stereocenters. The van der Waals surface area contributed by atoms with Crippen LogP contribution in [-0.4, -0.2) is 16.7 Å². The number of nitrogens with zero attached hydrogens (tertiary/aromatic N) is 2. The van der Waals surface area contributed by atoms with Crippen molar-refractivity contribution in [2.24, 2.45) is 4.99 Å². The molecule has 0 bridgehead atoms. The highest BCUT2D eigenvalue weighted by Crippen LogP contribution is 2.40. The first-order chi connectivity index (χ1) is 18.2. The lowest BCUT2D eigenvalue weighted by Crippen LogP contribution is -2.23. The Morgan fingerprint density at radius 2 is 1.92 bits per heavy atom. The highest BCUT2D eigenvalue weighted by Gasteiger charge is 2.25. The fourth-order valence-electron chi connectivity index (χ4n) is 4.99. The smallest absolute Gasteiger partial charge is 0.255 e. The SMILES string of the molecule is O=C(NCc1ccco1)c1c(N=Cc2cn(Cc3ccccc3F)c3ccccc23)sc2c1CCCC2. The molecule has 5 aromatic rings. The van der Waals surface area contributed by atoms with Crippen molar-refractivity contribution in [3.8, 4) is 0 Å². The van der Waals surface area contributed by atoms with Crippen molar-refractivity contribution in [1.82, 2.24) is 9.88 Å². The number of halogens is 1. The molecule has 1 aliphatic carbocycles. The number of carbonyl (C=O) groups excluding carboxylic acids is 1. The van der Waals surface area contributed by atoms with Crippen molar-refractivity contribution in [2.45, 2.75) is 38.8 Å². The molecular formula is C30H26FN3O2S. The Kier molecular flexibility index (Phi) is 6.45. The quantitative estimate of drug-likeness (QED) is 0.238. The Labute approximate surface area is 218 Å². The van der Waals surface area contributed by atoms with E-state index >= 15 is 0 Å². The molecule has 186 valence electrons. The second-order valence-electron chi connectivity index (χ2n) is 9.23. The molecule has 0 saturated carbocycles. The van der Waals surface area contributed by atoms with E-state index in [1.54, 1.807) is 23.7 Å². The largest absolute Gasteiger partial charge is 0.467 e. The van der Waals surface area contributed by atoms with Gasteiger partial charge in [0.2, 0.25) is 0 Å². The lowest BCUT2D eigenvalue weighted by Gasteiger charge is -2.12. The van der Waals surface area contributed by atoms with Crippen LogP contribution in [-0.2, 0) is 25.9 Å². The van der Waals surface area contributed by atoms with E-state index in [1.165, 1.54) is 10.9 Å². The summed E-state index contributed by atoms with van der Waals surface area (Å²) in [5.41, 5.74) is 4.38. The highest BCUT2D eigenvalue weighted by molar-refractivity contribution is 7.16. The van der Waals surface area contributed by atoms with Gasteiger partial charge in [-0.25, -0.2) is 9.38 Å². The molecule has 0 spiro atoms. The Morgan fingerprint density at radius 3 is 2.78 bits per heavy atom. The number of hydrogen-bond donors (Lipinski definition) is 1. The zero-order valence-electron chi connectivity index (χ0n) is 20.2. The maximum Gasteiger partial charge on any atom is 0.255 e. The maximum atomic E-state index is 14.4. The van der Waals surface area contributed by atoms with E-state index in [0.717, 1.165) is 52.7 Å². The Balaban J connectivity index is 1.34. The molecule has 3 aromatic heterocycles. The van der Waals surface area contributed by atoms with Gasteiger partial charge in [-0.1, -0.05) is 36.4 Å². The minimum absolute atomic E-state index is 0.120. The standard InChI is InChI=1S/C30H26FN3O2S/c31-25-12-4-1-8-20(25)18-34-19-21(23-10-2-5-13-26(23)34)16-33-30-28(24-11-3-6-14-27(24)37-30)29(35)32-17-22-9-7-15-36-22/h1-2,4-5,7-10,12-13,15-16,19H,3,6,11,14,17-18H2,(H,32,35). The van der Waals surface area contributed by atoms with Gasteiger partial charge in [-0.05, 0) is 55.5 Å². The average molecular weight is 512 g/mol. The van der Waals surface area contributed by atoms with E-state index in [2.05, 4.69) is 5.32 Å². The van der Waals surface area contributed by atoms with E-state index in [0.29, 0.717) is 30.0 Å². The monoisotopic (exact) mass is 511 g/mol. The normalized spacial score (nSPS) is 13.3. The van der Waals surface area contributed by atoms with Crippen LogP contribution in [0, 0.1) is 5.82 Å². The van der Waals surface area contributed by atoms with Gasteiger partial charge in [0.05, 0.1) is 24.9 Å². The average Bonchev–Trinajstić information content (AvgIpc) is 3.65. The molecule has 2 aromatic carbocycles. The van der Waals surface area contributed by atoms with Crippen LogP contribution in [0.2, 0.25) is 0 Å². The minimum atomic E-state index is -0.218. The number of amides is 1. The molecule has 5 nitrogen and oxygen atoms in total. The molecule has 1 N–H and O–H groups in total. The first-order valence-electron chi connectivity index (χ1n) is 12.5. The third-order valence-corrected chi connectivity index (χ3v) is 8.02. The van der Waals surface area contributed by atoms with Gasteiger partial charge in [0.25, 0.3) is 5.91 Å². The molecule has 1 aliphatic rings. The zero-order valence-corrected chi connectivity index (χ0v) is 21.1. The number of aromatic nitrogens is 1. The summed E-state index contributed by atoms with van der Waals surface area (Å²) in [7, 11) is 0. The number of carbonyl (C=O) groups is 1. The van der Waals surface area contributed by atoms with E-state index in [1.807, 2.05) is 65.5 Å². The summed E-state index contributed by atoms with van der Waals surface area (Å²) in [5.74, 6) is 0.375. The van der Waals surface area contributed by atoms with Crippen LogP contribution in [0.3, 0.4) is 0 Å². The highest BCUT2D eigenvalue weighted by atomic mass is 32.1. The van der Waals surface area contributed by atoms with Gasteiger partial charge >= 0.3 is 0 Å². The number of aliphatic imine (C=N–C) groups is 1. The van der Waals surface area contributed by atoms with Crippen LogP contribution in [0.15, 0.2) is 82.5 Å². The Bertz CT molecular complexity index is 1600. The molecule has 6 rings (SSSR count). The summed E-state index contributed by atoms with van der Waals surface area (Å²) in [4.78, 5) is 19.4. The number of rotatable bonds is 7. The van der Waals surface area contributed by atoms with Crippen molar-refractivity contribution in [3.05, 3.63) is 112 Å². The van der Waals surface area contributed by atoms with Crippen LogP contribution >= 0.6 is 11.3 Å². The minimum Gasteiger partial charge on any atom is -0.467 e. The van der Waals surface area contributed by atoms with Crippen molar-refractivity contribution < 1.29 is 13.6 Å². The van der Waals surface area contributed by atoms with E-state index in [4.69, 9.17) is 9.41 Å². The van der Waals surface area contributed by atoms with E-state index in [9.17, 15) is 9.18 Å². The maximum absolute atomic E-state index is 14.4. The number of benzene rings is 2. The van der Waals surface area contributed by atoms with Crippen molar-refractivity contribution >= 4 is 39.4 Å². The molecule has 37 heavy (non-hydrogen) atoms. The van der Waals surface area contributed by atoms with Gasteiger partial charge in [-0.3, -0.25) is 4.79 Å². The number of aryl methyl sites for hydroxylation is 1. The number of fused-ring (bicyclic) bond motifs is 2. The molecule has 0 aliphatic heterocycles. The molecule has 0 fully saturated rings. The predicted molar refractivity (Wildman–Crippen MR) is 146 cm³/mol. The van der Waals surface area contributed by atoms with Gasteiger partial charge in [0, 0.05) is 39.3 Å². The zero-order chi connectivity index (χ0) is 25.2. The van der Waals surface area contributed by atoms with Gasteiger partial charge < -0.3 is 14.3 Å². The third kappa shape index (κ3) is 4.74. The Hall–Kier alpha value is -3.97. The van der Waals surface area contributed by atoms with Gasteiger partial charge in [-0.2, -0.15) is 0 Å². The van der Waals surface area contributed by atoms with E-state index < -0.39 is 0 Å². The van der Waals surface area contributed by atoms with E-state index in [-0.39, 0.29) is 11.7 Å². The van der Waals surface area contributed by atoms with Crippen LogP contribution < -0.4 is 5.32 Å². The van der Waals surface area contributed by atoms with Crippen molar-refractivity contribution in [2.75, 3.05) is 0 Å².